The van der Waals surface area contributed by atoms with E-state index < -0.39 is 0 Å². The quantitative estimate of drug-likeness (QED) is 0.781. The average molecular weight is 251 g/mol. The standard InChI is InChI=1S/C14H19ClN2/c1-3-5-6-9-13(16-10-4-2)14-12(15)8-7-11-17-14/h7-8,11,13,16H,4,6,9-10H2,1-2H3. The van der Waals surface area contributed by atoms with E-state index in [1.165, 1.54) is 0 Å². The lowest BCUT2D eigenvalue weighted by molar-refractivity contribution is 0.495. The molecule has 92 valence electrons. The van der Waals surface area contributed by atoms with Gasteiger partial charge in [0.1, 0.15) is 0 Å². The second-order valence-corrected chi connectivity index (χ2v) is 4.25. The molecule has 0 aromatic carbocycles. The van der Waals surface area contributed by atoms with Gasteiger partial charge in [0.2, 0.25) is 0 Å². The van der Waals surface area contributed by atoms with Gasteiger partial charge < -0.3 is 5.32 Å². The molecule has 0 spiro atoms. The maximum absolute atomic E-state index is 6.17. The van der Waals surface area contributed by atoms with Crippen molar-refractivity contribution in [3.8, 4) is 11.8 Å². The molecular weight excluding hydrogens is 232 g/mol. The number of rotatable bonds is 6. The van der Waals surface area contributed by atoms with Gasteiger partial charge in [0, 0.05) is 12.6 Å². The van der Waals surface area contributed by atoms with Crippen molar-refractivity contribution < 1.29 is 0 Å². The summed E-state index contributed by atoms with van der Waals surface area (Å²) in [6.45, 7) is 4.98. The Bertz CT molecular complexity index is 393. The minimum absolute atomic E-state index is 0.199. The maximum atomic E-state index is 6.17. The highest BCUT2D eigenvalue weighted by atomic mass is 35.5. The van der Waals surface area contributed by atoms with Gasteiger partial charge in [0.05, 0.1) is 16.8 Å². The summed E-state index contributed by atoms with van der Waals surface area (Å²) in [5, 5.41) is 4.20. The Balaban J connectivity index is 2.73. The lowest BCUT2D eigenvalue weighted by atomic mass is 10.1. The molecule has 2 nitrogen and oxygen atoms in total. The van der Waals surface area contributed by atoms with Gasteiger partial charge in [-0.05, 0) is 38.4 Å². The number of hydrogen-bond donors (Lipinski definition) is 1. The van der Waals surface area contributed by atoms with Crippen molar-refractivity contribution in [1.29, 1.82) is 0 Å². The molecule has 0 amide bonds. The zero-order valence-corrected chi connectivity index (χ0v) is 11.2. The van der Waals surface area contributed by atoms with Crippen LogP contribution in [0.25, 0.3) is 0 Å². The predicted molar refractivity (Wildman–Crippen MR) is 73.0 cm³/mol. The fraction of sp³-hybridized carbons (Fsp3) is 0.500. The Hall–Kier alpha value is -1.04. The minimum atomic E-state index is 0.199. The minimum Gasteiger partial charge on any atom is -0.309 e. The van der Waals surface area contributed by atoms with Crippen molar-refractivity contribution >= 4 is 11.6 Å². The summed E-state index contributed by atoms with van der Waals surface area (Å²) in [5.41, 5.74) is 0.931. The normalized spacial score (nSPS) is 11.7. The Morgan fingerprint density at radius 2 is 2.35 bits per heavy atom. The fourth-order valence-corrected chi connectivity index (χ4v) is 1.90. The number of aromatic nitrogens is 1. The molecule has 0 aliphatic heterocycles. The van der Waals surface area contributed by atoms with Crippen LogP contribution in [0.4, 0.5) is 0 Å². The number of hydrogen-bond acceptors (Lipinski definition) is 2. The number of pyridine rings is 1. The highest BCUT2D eigenvalue weighted by Crippen LogP contribution is 2.23. The topological polar surface area (TPSA) is 24.9 Å². The molecule has 0 saturated carbocycles. The second-order valence-electron chi connectivity index (χ2n) is 3.84. The van der Waals surface area contributed by atoms with Crippen LogP contribution in [0.3, 0.4) is 0 Å². The van der Waals surface area contributed by atoms with Gasteiger partial charge >= 0.3 is 0 Å². The molecule has 0 saturated heterocycles. The van der Waals surface area contributed by atoms with E-state index in [2.05, 4.69) is 29.1 Å². The fourth-order valence-electron chi connectivity index (χ4n) is 1.65. The molecule has 3 heteroatoms. The molecule has 0 radical (unpaired) electrons. The monoisotopic (exact) mass is 250 g/mol. The van der Waals surface area contributed by atoms with Gasteiger partial charge in [-0.25, -0.2) is 0 Å². The summed E-state index contributed by atoms with van der Waals surface area (Å²) in [6.07, 6.45) is 4.69. The van der Waals surface area contributed by atoms with Crippen molar-refractivity contribution in [3.05, 3.63) is 29.0 Å². The van der Waals surface area contributed by atoms with Gasteiger partial charge in [-0.2, -0.15) is 0 Å². The van der Waals surface area contributed by atoms with Gasteiger partial charge in [0.15, 0.2) is 0 Å². The number of nitrogens with zero attached hydrogens (tertiary/aromatic N) is 1. The third-order valence-electron chi connectivity index (χ3n) is 2.49. The Labute approximate surface area is 109 Å². The smallest absolute Gasteiger partial charge is 0.0759 e. The van der Waals surface area contributed by atoms with Crippen molar-refractivity contribution in [3.63, 3.8) is 0 Å². The van der Waals surface area contributed by atoms with Crippen LogP contribution < -0.4 is 5.32 Å². The maximum Gasteiger partial charge on any atom is 0.0759 e. The molecular formula is C14H19ClN2. The van der Waals surface area contributed by atoms with Crippen LogP contribution in [0.15, 0.2) is 18.3 Å². The first-order chi connectivity index (χ1) is 8.29. The summed E-state index contributed by atoms with van der Waals surface area (Å²) in [4.78, 5) is 4.37. The summed E-state index contributed by atoms with van der Waals surface area (Å²) in [7, 11) is 0. The predicted octanol–water partition coefficient (Wildman–Crippen LogP) is 3.58. The van der Waals surface area contributed by atoms with Gasteiger partial charge in [-0.1, -0.05) is 18.5 Å². The first-order valence-corrected chi connectivity index (χ1v) is 6.40. The molecule has 1 atom stereocenters. The van der Waals surface area contributed by atoms with E-state index in [0.29, 0.717) is 0 Å². The van der Waals surface area contributed by atoms with E-state index in [4.69, 9.17) is 11.6 Å². The number of halogens is 1. The van der Waals surface area contributed by atoms with Crippen LogP contribution in [-0.2, 0) is 0 Å². The molecule has 1 aromatic heterocycles. The van der Waals surface area contributed by atoms with Gasteiger partial charge in [-0.15, -0.1) is 11.8 Å². The molecule has 1 unspecified atom stereocenters. The summed E-state index contributed by atoms with van der Waals surface area (Å²) < 4.78 is 0. The van der Waals surface area contributed by atoms with E-state index in [1.54, 1.807) is 6.20 Å². The van der Waals surface area contributed by atoms with Crippen molar-refractivity contribution in [2.24, 2.45) is 0 Å². The highest BCUT2D eigenvalue weighted by Gasteiger charge is 2.14. The Morgan fingerprint density at radius 1 is 1.53 bits per heavy atom. The van der Waals surface area contributed by atoms with Crippen LogP contribution in [-0.4, -0.2) is 11.5 Å². The summed E-state index contributed by atoms with van der Waals surface area (Å²) in [6, 6.07) is 3.94. The van der Waals surface area contributed by atoms with Crippen LogP contribution in [0.5, 0.6) is 0 Å². The van der Waals surface area contributed by atoms with Gasteiger partial charge in [-0.3, -0.25) is 4.98 Å². The van der Waals surface area contributed by atoms with E-state index in [1.807, 2.05) is 19.1 Å². The SMILES string of the molecule is CC#CCCC(NCCC)c1ncccc1Cl. The van der Waals surface area contributed by atoms with Crippen molar-refractivity contribution in [1.82, 2.24) is 10.3 Å². The molecule has 1 N–H and O–H groups in total. The molecule has 1 rings (SSSR count). The molecule has 17 heavy (non-hydrogen) atoms. The average Bonchev–Trinajstić information content (AvgIpc) is 2.35. The first kappa shape index (κ1) is 14.0. The second kappa shape index (κ2) is 8.11. The van der Waals surface area contributed by atoms with Crippen LogP contribution in [0.2, 0.25) is 5.02 Å². The first-order valence-electron chi connectivity index (χ1n) is 6.03. The van der Waals surface area contributed by atoms with Crippen LogP contribution in [0, 0.1) is 11.8 Å². The van der Waals surface area contributed by atoms with Crippen molar-refractivity contribution in [2.75, 3.05) is 6.54 Å². The van der Waals surface area contributed by atoms with Crippen LogP contribution >= 0.6 is 11.6 Å². The Morgan fingerprint density at radius 3 is 3.00 bits per heavy atom. The molecule has 0 fully saturated rings. The molecule has 1 aromatic rings. The molecule has 0 aliphatic carbocycles. The molecule has 0 bridgehead atoms. The van der Waals surface area contributed by atoms with E-state index in [-0.39, 0.29) is 6.04 Å². The molecule has 1 heterocycles. The lowest BCUT2D eigenvalue weighted by Gasteiger charge is -2.17. The van der Waals surface area contributed by atoms with E-state index in [9.17, 15) is 0 Å². The van der Waals surface area contributed by atoms with E-state index in [0.717, 1.165) is 36.5 Å². The third-order valence-corrected chi connectivity index (χ3v) is 2.81. The zero-order chi connectivity index (χ0) is 12.5. The summed E-state index contributed by atoms with van der Waals surface area (Å²) >= 11 is 6.17. The largest absolute Gasteiger partial charge is 0.309 e. The van der Waals surface area contributed by atoms with Crippen LogP contribution in [0.1, 0.15) is 44.8 Å². The third kappa shape index (κ3) is 4.77. The lowest BCUT2D eigenvalue weighted by Crippen LogP contribution is -2.23. The van der Waals surface area contributed by atoms with E-state index >= 15 is 0 Å². The Kier molecular flexibility index (Phi) is 6.69. The van der Waals surface area contributed by atoms with Gasteiger partial charge in [0.25, 0.3) is 0 Å². The molecule has 0 aliphatic rings. The van der Waals surface area contributed by atoms with Crippen molar-refractivity contribution in [2.45, 2.75) is 39.2 Å². The zero-order valence-electron chi connectivity index (χ0n) is 10.5. The highest BCUT2D eigenvalue weighted by molar-refractivity contribution is 6.31. The number of nitrogens with one attached hydrogen (secondary N) is 1. The summed E-state index contributed by atoms with van der Waals surface area (Å²) in [5.74, 6) is 6.00.